The zero-order valence-corrected chi connectivity index (χ0v) is 11.1. The summed E-state index contributed by atoms with van der Waals surface area (Å²) in [7, 11) is 0. The van der Waals surface area contributed by atoms with Crippen molar-refractivity contribution >= 4 is 17.8 Å². The Bertz CT molecular complexity index is 498. The van der Waals surface area contributed by atoms with Crippen LogP contribution in [0, 0.1) is 0 Å². The zero-order valence-electron chi connectivity index (χ0n) is 11.1. The van der Waals surface area contributed by atoms with Gasteiger partial charge in [-0.05, 0) is 24.3 Å². The largest absolute Gasteiger partial charge is 0.480 e. The van der Waals surface area contributed by atoms with Crippen molar-refractivity contribution < 1.29 is 24.2 Å². The molecule has 1 rings (SSSR count). The van der Waals surface area contributed by atoms with Crippen LogP contribution in [-0.2, 0) is 32.1 Å². The van der Waals surface area contributed by atoms with Crippen LogP contribution >= 0.6 is 0 Å². The molecule has 0 atom stereocenters. The van der Waals surface area contributed by atoms with Gasteiger partial charge in [-0.2, -0.15) is 0 Å². The Morgan fingerprint density at radius 1 is 1.40 bits per heavy atom. The maximum Gasteiger partial charge on any atom is 0.328 e. The van der Waals surface area contributed by atoms with Gasteiger partial charge in [-0.15, -0.1) is 5.10 Å². The number of rotatable bonds is 7. The lowest BCUT2D eigenvalue weighted by Crippen LogP contribution is -2.31. The molecule has 0 bridgehead atoms. The highest BCUT2D eigenvalue weighted by atomic mass is 16.5. The number of nitrogens with one attached hydrogen (secondary N) is 1. The van der Waals surface area contributed by atoms with Gasteiger partial charge in [0.2, 0.25) is 5.91 Å². The van der Waals surface area contributed by atoms with Crippen molar-refractivity contribution in [3.8, 4) is 0 Å². The van der Waals surface area contributed by atoms with Crippen LogP contribution in [0.2, 0.25) is 0 Å². The average molecular weight is 285 g/mol. The smallest absolute Gasteiger partial charge is 0.328 e. The van der Waals surface area contributed by atoms with E-state index < -0.39 is 24.4 Å². The van der Waals surface area contributed by atoms with Gasteiger partial charge >= 0.3 is 11.9 Å². The molecule has 1 heterocycles. The predicted octanol–water partition coefficient (Wildman–Crippen LogP) is -1.63. The third-order valence-corrected chi connectivity index (χ3v) is 2.01. The fraction of sp³-hybridized carbons (Fsp3) is 0.600. The standard InChI is InChI=1S/C10H15N5O5/c1-6(2)20-10(19)5-15-7(12-13-14-15)3-8(16)11-4-9(17)18/h6H,3-5H2,1-2H3,(H,11,16)(H,17,18). The first-order valence-electron chi connectivity index (χ1n) is 5.81. The Kier molecular flexibility index (Phi) is 5.56. The van der Waals surface area contributed by atoms with Crippen LogP contribution in [0.25, 0.3) is 0 Å². The van der Waals surface area contributed by atoms with Crippen molar-refractivity contribution in [1.29, 1.82) is 0 Å². The van der Waals surface area contributed by atoms with Crippen LogP contribution in [0.1, 0.15) is 19.7 Å². The topological polar surface area (TPSA) is 136 Å². The molecule has 0 unspecified atom stereocenters. The van der Waals surface area contributed by atoms with Crippen LogP contribution in [0.3, 0.4) is 0 Å². The van der Waals surface area contributed by atoms with E-state index in [1.165, 1.54) is 0 Å². The van der Waals surface area contributed by atoms with Gasteiger partial charge < -0.3 is 15.2 Å². The van der Waals surface area contributed by atoms with E-state index in [0.29, 0.717) is 0 Å². The first kappa shape index (κ1) is 15.5. The van der Waals surface area contributed by atoms with Crippen molar-refractivity contribution in [2.75, 3.05) is 6.54 Å². The molecule has 2 N–H and O–H groups in total. The van der Waals surface area contributed by atoms with Gasteiger partial charge in [0, 0.05) is 0 Å². The summed E-state index contributed by atoms with van der Waals surface area (Å²) in [6.45, 7) is 2.71. The molecular formula is C10H15N5O5. The highest BCUT2D eigenvalue weighted by molar-refractivity contribution is 5.82. The highest BCUT2D eigenvalue weighted by Gasteiger charge is 2.15. The SMILES string of the molecule is CC(C)OC(=O)Cn1nnnc1CC(=O)NCC(=O)O. The first-order chi connectivity index (χ1) is 9.38. The van der Waals surface area contributed by atoms with Crippen molar-refractivity contribution in [3.05, 3.63) is 5.82 Å². The summed E-state index contributed by atoms with van der Waals surface area (Å²) in [6.07, 6.45) is -0.490. The predicted molar refractivity (Wildman–Crippen MR) is 63.4 cm³/mol. The summed E-state index contributed by atoms with van der Waals surface area (Å²) in [5, 5.41) is 21.1. The Balaban J connectivity index is 2.56. The van der Waals surface area contributed by atoms with E-state index in [0.717, 1.165) is 4.68 Å². The summed E-state index contributed by atoms with van der Waals surface area (Å²) < 4.78 is 6.06. The average Bonchev–Trinajstić information content (AvgIpc) is 2.72. The maximum atomic E-state index is 11.5. The lowest BCUT2D eigenvalue weighted by Gasteiger charge is -2.08. The lowest BCUT2D eigenvalue weighted by atomic mass is 10.3. The van der Waals surface area contributed by atoms with Gasteiger partial charge in [0.25, 0.3) is 0 Å². The number of carbonyl (C=O) groups excluding carboxylic acids is 2. The molecule has 0 aliphatic heterocycles. The third kappa shape index (κ3) is 5.42. The van der Waals surface area contributed by atoms with Gasteiger partial charge in [-0.25, -0.2) is 4.68 Å². The fourth-order valence-electron chi connectivity index (χ4n) is 1.28. The number of hydrogen-bond donors (Lipinski definition) is 2. The van der Waals surface area contributed by atoms with Gasteiger partial charge in [0.05, 0.1) is 12.5 Å². The molecule has 0 saturated carbocycles. The summed E-state index contributed by atoms with van der Waals surface area (Å²) in [6, 6.07) is 0. The number of carboxylic acid groups (broad SMARTS) is 1. The van der Waals surface area contributed by atoms with E-state index in [-0.39, 0.29) is 24.9 Å². The summed E-state index contributed by atoms with van der Waals surface area (Å²) >= 11 is 0. The molecule has 0 spiro atoms. The van der Waals surface area contributed by atoms with Crippen LogP contribution in [-0.4, -0.2) is 55.8 Å². The number of carbonyl (C=O) groups is 3. The number of esters is 1. The minimum absolute atomic E-state index is 0.147. The second-order valence-corrected chi connectivity index (χ2v) is 4.14. The molecule has 10 nitrogen and oxygen atoms in total. The number of nitrogens with zero attached hydrogens (tertiary/aromatic N) is 4. The van der Waals surface area contributed by atoms with Crippen molar-refractivity contribution in [2.45, 2.75) is 32.9 Å². The minimum Gasteiger partial charge on any atom is -0.480 e. The van der Waals surface area contributed by atoms with E-state index in [1.54, 1.807) is 13.8 Å². The molecular weight excluding hydrogens is 270 g/mol. The first-order valence-corrected chi connectivity index (χ1v) is 5.81. The number of carboxylic acids is 1. The molecule has 110 valence electrons. The second kappa shape index (κ2) is 7.16. The van der Waals surface area contributed by atoms with Crippen molar-refractivity contribution in [2.24, 2.45) is 0 Å². The molecule has 0 fully saturated rings. The maximum absolute atomic E-state index is 11.5. The second-order valence-electron chi connectivity index (χ2n) is 4.14. The number of aromatic nitrogens is 4. The lowest BCUT2D eigenvalue weighted by molar-refractivity contribution is -0.148. The van der Waals surface area contributed by atoms with Crippen LogP contribution in [0.5, 0.6) is 0 Å². The van der Waals surface area contributed by atoms with E-state index >= 15 is 0 Å². The van der Waals surface area contributed by atoms with Crippen LogP contribution < -0.4 is 5.32 Å². The van der Waals surface area contributed by atoms with E-state index in [1.807, 2.05) is 0 Å². The van der Waals surface area contributed by atoms with Gasteiger partial charge in [-0.3, -0.25) is 14.4 Å². The molecule has 10 heteroatoms. The van der Waals surface area contributed by atoms with Crippen molar-refractivity contribution in [3.63, 3.8) is 0 Å². The van der Waals surface area contributed by atoms with E-state index in [2.05, 4.69) is 20.8 Å². The zero-order chi connectivity index (χ0) is 15.1. The Morgan fingerprint density at radius 2 is 2.10 bits per heavy atom. The fourth-order valence-corrected chi connectivity index (χ4v) is 1.28. The summed E-state index contributed by atoms with van der Waals surface area (Å²) in [4.78, 5) is 33.2. The van der Waals surface area contributed by atoms with Gasteiger partial charge in [0.1, 0.15) is 13.1 Å². The van der Waals surface area contributed by atoms with E-state index in [4.69, 9.17) is 9.84 Å². The molecule has 0 aromatic carbocycles. The molecule has 0 aliphatic rings. The van der Waals surface area contributed by atoms with Crippen LogP contribution in [0.4, 0.5) is 0 Å². The van der Waals surface area contributed by atoms with Gasteiger partial charge in [0.15, 0.2) is 5.82 Å². The minimum atomic E-state index is -1.15. The van der Waals surface area contributed by atoms with Gasteiger partial charge in [-0.1, -0.05) is 0 Å². The Labute approximate surface area is 114 Å². The third-order valence-electron chi connectivity index (χ3n) is 2.01. The number of amides is 1. The summed E-state index contributed by atoms with van der Waals surface area (Å²) in [5.74, 6) is -2.09. The molecule has 0 radical (unpaired) electrons. The molecule has 1 aromatic heterocycles. The number of tetrazole rings is 1. The summed E-state index contributed by atoms with van der Waals surface area (Å²) in [5.41, 5.74) is 0. The molecule has 1 aromatic rings. The number of hydrogen-bond acceptors (Lipinski definition) is 7. The Morgan fingerprint density at radius 3 is 2.70 bits per heavy atom. The monoisotopic (exact) mass is 285 g/mol. The normalized spacial score (nSPS) is 10.3. The van der Waals surface area contributed by atoms with Crippen LogP contribution in [0.15, 0.2) is 0 Å². The molecule has 0 aliphatic carbocycles. The van der Waals surface area contributed by atoms with Crippen molar-refractivity contribution in [1.82, 2.24) is 25.5 Å². The number of aliphatic carboxylic acids is 1. The quantitative estimate of drug-likeness (QED) is 0.570. The number of ether oxygens (including phenoxy) is 1. The molecule has 20 heavy (non-hydrogen) atoms. The van der Waals surface area contributed by atoms with E-state index in [9.17, 15) is 14.4 Å². The molecule has 0 saturated heterocycles. The highest BCUT2D eigenvalue weighted by Crippen LogP contribution is 1.97. The molecule has 1 amide bonds. The Hall–Kier alpha value is -2.52.